The van der Waals surface area contributed by atoms with Crippen LogP contribution in [-0.2, 0) is 4.74 Å². The monoisotopic (exact) mass is 186 g/mol. The predicted molar refractivity (Wildman–Crippen MR) is 39.4 cm³/mol. The molecule has 1 atom stereocenters. The Hall–Kier alpha value is -0.320. The van der Waals surface area contributed by atoms with Gasteiger partial charge in [-0.05, 0) is 12.2 Å². The zero-order chi connectivity index (χ0) is 9.07. The third-order valence-corrected chi connectivity index (χ3v) is 1.59. The molecule has 0 radical (unpaired) electrons. The highest BCUT2D eigenvalue weighted by molar-refractivity contribution is 7.80. The van der Waals surface area contributed by atoms with Crippen molar-refractivity contribution in [2.45, 2.75) is 19.5 Å². The van der Waals surface area contributed by atoms with E-state index < -0.39 is 12.1 Å². The Balaban J connectivity index is 3.87. The molecule has 0 amide bonds. The lowest BCUT2D eigenvalue weighted by Gasteiger charge is -2.14. The van der Waals surface area contributed by atoms with Crippen LogP contribution >= 0.6 is 12.2 Å². The molecule has 0 spiro atoms. The Morgan fingerprint density at radius 1 is 1.55 bits per heavy atom. The van der Waals surface area contributed by atoms with Gasteiger partial charge in [0, 0.05) is 6.42 Å². The van der Waals surface area contributed by atoms with Gasteiger partial charge in [-0.3, -0.25) is 0 Å². The second-order valence-corrected chi connectivity index (χ2v) is 2.68. The van der Waals surface area contributed by atoms with E-state index in [1.54, 1.807) is 0 Å². The molecule has 0 aromatic carbocycles. The zero-order valence-electron chi connectivity index (χ0n) is 6.23. The average molecular weight is 186 g/mol. The van der Waals surface area contributed by atoms with Gasteiger partial charge in [-0.25, -0.2) is 0 Å². The predicted octanol–water partition coefficient (Wildman–Crippen LogP) is 2.55. The molecule has 66 valence electrons. The van der Waals surface area contributed by atoms with Crippen LogP contribution in [0.25, 0.3) is 0 Å². The molecule has 0 fully saturated rings. The third kappa shape index (κ3) is 4.19. The van der Waals surface area contributed by atoms with Crippen LogP contribution in [0.3, 0.4) is 0 Å². The Bertz CT molecular complexity index is 143. The molecule has 0 aromatic heterocycles. The molecule has 5 heteroatoms. The van der Waals surface area contributed by atoms with Crippen molar-refractivity contribution < 1.29 is 17.9 Å². The molecular weight excluding hydrogens is 177 g/mol. The number of rotatable bonds is 2. The Morgan fingerprint density at radius 3 is 2.27 bits per heavy atom. The quantitative estimate of drug-likeness (QED) is 0.613. The van der Waals surface area contributed by atoms with Crippen molar-refractivity contribution >= 4 is 17.3 Å². The summed E-state index contributed by atoms with van der Waals surface area (Å²) in [5.74, 6) is -1.42. The fraction of sp³-hybridized carbons (Fsp3) is 0.833. The standard InChI is InChI=1S/C6H9F3OS/c1-4(6(7,8)9)3-5(11)10-2/h4H,3H2,1-2H3. The molecule has 1 unspecified atom stereocenters. The summed E-state index contributed by atoms with van der Waals surface area (Å²) in [7, 11) is 1.27. The van der Waals surface area contributed by atoms with Gasteiger partial charge in [0.1, 0.15) is 0 Å². The molecule has 0 aliphatic heterocycles. The second-order valence-electron chi connectivity index (χ2n) is 2.22. The summed E-state index contributed by atoms with van der Waals surface area (Å²) in [6, 6.07) is 0. The first-order valence-corrected chi connectivity index (χ1v) is 3.42. The van der Waals surface area contributed by atoms with Crippen molar-refractivity contribution in [3.8, 4) is 0 Å². The van der Waals surface area contributed by atoms with Gasteiger partial charge in [-0.15, -0.1) is 0 Å². The van der Waals surface area contributed by atoms with Crippen LogP contribution in [0, 0.1) is 5.92 Å². The molecule has 0 aliphatic rings. The van der Waals surface area contributed by atoms with Crippen molar-refractivity contribution in [2.24, 2.45) is 5.92 Å². The van der Waals surface area contributed by atoms with Crippen molar-refractivity contribution in [1.82, 2.24) is 0 Å². The van der Waals surface area contributed by atoms with Gasteiger partial charge in [0.05, 0.1) is 13.0 Å². The van der Waals surface area contributed by atoms with Crippen LogP contribution in [0.5, 0.6) is 0 Å². The van der Waals surface area contributed by atoms with E-state index in [-0.39, 0.29) is 11.5 Å². The minimum Gasteiger partial charge on any atom is -0.490 e. The number of thiocarbonyl (C=S) groups is 1. The number of hydrogen-bond donors (Lipinski definition) is 0. The number of ether oxygens (including phenoxy) is 1. The van der Waals surface area contributed by atoms with Crippen molar-refractivity contribution in [1.29, 1.82) is 0 Å². The third-order valence-electron chi connectivity index (χ3n) is 1.26. The lowest BCUT2D eigenvalue weighted by molar-refractivity contribution is -0.167. The van der Waals surface area contributed by atoms with Gasteiger partial charge < -0.3 is 4.74 Å². The zero-order valence-corrected chi connectivity index (χ0v) is 7.05. The smallest absolute Gasteiger partial charge is 0.392 e. The van der Waals surface area contributed by atoms with Crippen LogP contribution in [0.4, 0.5) is 13.2 Å². The summed E-state index contributed by atoms with van der Waals surface area (Å²) in [5.41, 5.74) is 0. The molecule has 0 heterocycles. The SMILES string of the molecule is COC(=S)CC(C)C(F)(F)F. The highest BCUT2D eigenvalue weighted by Crippen LogP contribution is 2.28. The second kappa shape index (κ2) is 3.90. The van der Waals surface area contributed by atoms with E-state index in [0.29, 0.717) is 0 Å². The first kappa shape index (κ1) is 10.7. The van der Waals surface area contributed by atoms with E-state index in [2.05, 4.69) is 17.0 Å². The number of methoxy groups -OCH3 is 1. The molecule has 0 saturated carbocycles. The van der Waals surface area contributed by atoms with Gasteiger partial charge in [0.15, 0.2) is 5.05 Å². The lowest BCUT2D eigenvalue weighted by Crippen LogP contribution is -2.22. The Morgan fingerprint density at radius 2 is 2.00 bits per heavy atom. The fourth-order valence-corrected chi connectivity index (χ4v) is 0.699. The van der Waals surface area contributed by atoms with E-state index in [1.807, 2.05) is 0 Å². The van der Waals surface area contributed by atoms with Crippen LogP contribution in [0.15, 0.2) is 0 Å². The van der Waals surface area contributed by atoms with Crippen LogP contribution in [-0.4, -0.2) is 18.3 Å². The van der Waals surface area contributed by atoms with Crippen LogP contribution < -0.4 is 0 Å². The minimum atomic E-state index is -4.18. The van der Waals surface area contributed by atoms with Gasteiger partial charge in [-0.1, -0.05) is 6.92 Å². The molecule has 11 heavy (non-hydrogen) atoms. The largest absolute Gasteiger partial charge is 0.490 e. The summed E-state index contributed by atoms with van der Waals surface area (Å²) >= 11 is 4.48. The summed E-state index contributed by atoms with van der Waals surface area (Å²) < 4.78 is 39.9. The minimum absolute atomic E-state index is 0.00479. The van der Waals surface area contributed by atoms with E-state index in [1.165, 1.54) is 7.11 Å². The molecule has 1 nitrogen and oxygen atoms in total. The maximum Gasteiger partial charge on any atom is 0.392 e. The lowest BCUT2D eigenvalue weighted by atomic mass is 10.1. The first-order valence-electron chi connectivity index (χ1n) is 3.01. The normalized spacial score (nSPS) is 14.3. The summed E-state index contributed by atoms with van der Waals surface area (Å²) in [5, 5.41) is -0.00479. The Kier molecular flexibility index (Phi) is 3.78. The number of alkyl halides is 3. The summed E-state index contributed by atoms with van der Waals surface area (Å²) in [6.45, 7) is 1.07. The number of halogens is 3. The van der Waals surface area contributed by atoms with E-state index in [4.69, 9.17) is 0 Å². The van der Waals surface area contributed by atoms with E-state index in [0.717, 1.165) is 6.92 Å². The van der Waals surface area contributed by atoms with Crippen molar-refractivity contribution in [3.63, 3.8) is 0 Å². The topological polar surface area (TPSA) is 9.23 Å². The molecule has 0 N–H and O–H groups in total. The number of hydrogen-bond acceptors (Lipinski definition) is 2. The van der Waals surface area contributed by atoms with Crippen LogP contribution in [0.1, 0.15) is 13.3 Å². The Labute approximate surface area is 68.5 Å². The van der Waals surface area contributed by atoms with Crippen molar-refractivity contribution in [3.05, 3.63) is 0 Å². The molecule has 0 aromatic rings. The molecular formula is C6H9F3OS. The summed E-state index contributed by atoms with van der Waals surface area (Å²) in [4.78, 5) is 0. The highest BCUT2D eigenvalue weighted by Gasteiger charge is 2.36. The maximum absolute atomic E-state index is 11.8. The van der Waals surface area contributed by atoms with Crippen LogP contribution in [0.2, 0.25) is 0 Å². The van der Waals surface area contributed by atoms with Gasteiger partial charge in [-0.2, -0.15) is 13.2 Å². The van der Waals surface area contributed by atoms with Gasteiger partial charge in [0.2, 0.25) is 0 Å². The van der Waals surface area contributed by atoms with Gasteiger partial charge >= 0.3 is 6.18 Å². The first-order chi connectivity index (χ1) is 4.88. The molecule has 0 bridgehead atoms. The van der Waals surface area contributed by atoms with E-state index >= 15 is 0 Å². The van der Waals surface area contributed by atoms with Crippen molar-refractivity contribution in [2.75, 3.05) is 7.11 Å². The van der Waals surface area contributed by atoms with E-state index in [9.17, 15) is 13.2 Å². The maximum atomic E-state index is 11.8. The molecule has 0 aliphatic carbocycles. The molecule has 0 rings (SSSR count). The highest BCUT2D eigenvalue weighted by atomic mass is 32.1. The molecule has 0 saturated heterocycles. The fourth-order valence-electron chi connectivity index (χ4n) is 0.449. The summed E-state index contributed by atoms with van der Waals surface area (Å²) in [6.07, 6.45) is -4.42. The average Bonchev–Trinajstić information content (AvgIpc) is 1.85. The van der Waals surface area contributed by atoms with Gasteiger partial charge in [0.25, 0.3) is 0 Å².